The van der Waals surface area contributed by atoms with E-state index in [2.05, 4.69) is 59.5 Å². The summed E-state index contributed by atoms with van der Waals surface area (Å²) in [5.74, 6) is 1.97. The third-order valence-electron chi connectivity index (χ3n) is 4.19. The van der Waals surface area contributed by atoms with Crippen molar-refractivity contribution in [1.82, 2.24) is 0 Å². The second-order valence-electron chi connectivity index (χ2n) is 5.58. The lowest BCUT2D eigenvalue weighted by molar-refractivity contribution is 0.399. The molecule has 0 radical (unpaired) electrons. The maximum atomic E-state index is 7.12. The largest absolute Gasteiger partial charge is 0.457 e. The number of rotatable bonds is 0. The van der Waals surface area contributed by atoms with Crippen molar-refractivity contribution in [2.45, 2.75) is 6.42 Å². The first kappa shape index (κ1) is 14.8. The molecule has 1 aliphatic carbocycles. The summed E-state index contributed by atoms with van der Waals surface area (Å²) in [5, 5.41) is 14.2. The molecule has 0 bridgehead atoms. The van der Waals surface area contributed by atoms with Gasteiger partial charge in [-0.25, -0.2) is 0 Å². The Labute approximate surface area is 140 Å². The quantitative estimate of drug-likeness (QED) is 0.734. The number of allylic oxidation sites excluding steroid dienone is 2. The number of para-hydroxylation sites is 3. The van der Waals surface area contributed by atoms with E-state index in [1.54, 1.807) is 0 Å². The van der Waals surface area contributed by atoms with E-state index >= 15 is 0 Å². The summed E-state index contributed by atoms with van der Waals surface area (Å²) < 4.78 is 6.13. The number of hydrogen-bond acceptors (Lipinski definition) is 4. The van der Waals surface area contributed by atoms with Crippen molar-refractivity contribution in [2.75, 3.05) is 4.90 Å². The van der Waals surface area contributed by atoms with Gasteiger partial charge in [0.25, 0.3) is 0 Å². The summed E-state index contributed by atoms with van der Waals surface area (Å²) in [6, 6.07) is 16.8. The highest BCUT2D eigenvalue weighted by Gasteiger charge is 2.33. The number of benzene rings is 2. The molecule has 5 heteroatoms. The molecule has 0 saturated heterocycles. The average Bonchev–Trinajstić information content (AvgIpc) is 2.62. The predicted octanol–water partition coefficient (Wildman–Crippen LogP) is 3.02. The van der Waals surface area contributed by atoms with Crippen LogP contribution in [0.15, 0.2) is 77.7 Å². The van der Waals surface area contributed by atoms with Gasteiger partial charge >= 0.3 is 7.69 Å². The van der Waals surface area contributed by atoms with Crippen LogP contribution in [0.3, 0.4) is 0 Å². The van der Waals surface area contributed by atoms with E-state index in [1.165, 1.54) is 22.5 Å². The van der Waals surface area contributed by atoms with Crippen molar-refractivity contribution in [3.63, 3.8) is 0 Å². The van der Waals surface area contributed by atoms with Gasteiger partial charge in [0, 0.05) is 12.0 Å². The van der Waals surface area contributed by atoms with Gasteiger partial charge in [-0.3, -0.25) is 0 Å². The van der Waals surface area contributed by atoms with Crippen LogP contribution >= 0.6 is 0 Å². The van der Waals surface area contributed by atoms with Crippen molar-refractivity contribution in [3.8, 4) is 5.75 Å². The van der Waals surface area contributed by atoms with Crippen LogP contribution in [-0.4, -0.2) is 17.7 Å². The van der Waals surface area contributed by atoms with Gasteiger partial charge in [0.15, 0.2) is 5.75 Å². The zero-order chi connectivity index (χ0) is 16.5. The zero-order valence-electron chi connectivity index (χ0n) is 13.0. The summed E-state index contributed by atoms with van der Waals surface area (Å²) >= 11 is 0. The summed E-state index contributed by atoms with van der Waals surface area (Å²) in [6.45, 7) is 0. The number of nitrogens with zero attached hydrogens (tertiary/aromatic N) is 1. The summed E-state index contributed by atoms with van der Waals surface area (Å²) in [6.07, 6.45) is 7.46. The fraction of sp³-hybridized carbons (Fsp3) is 0.0526. The molecule has 2 heterocycles. The molecule has 0 atom stereocenters. The first-order valence-corrected chi connectivity index (χ1v) is 7.83. The molecule has 2 aliphatic heterocycles. The Hall–Kier alpha value is -2.76. The van der Waals surface area contributed by atoms with Gasteiger partial charge < -0.3 is 19.7 Å². The van der Waals surface area contributed by atoms with Crippen LogP contribution in [0.25, 0.3) is 6.08 Å². The maximum absolute atomic E-state index is 7.12. The molecule has 0 spiro atoms. The molecule has 4 nitrogen and oxygen atoms in total. The second kappa shape index (κ2) is 6.04. The van der Waals surface area contributed by atoms with Crippen LogP contribution in [0, 0.1) is 0 Å². The Morgan fingerprint density at radius 1 is 0.958 bits per heavy atom. The van der Waals surface area contributed by atoms with Crippen molar-refractivity contribution in [2.24, 2.45) is 0 Å². The van der Waals surface area contributed by atoms with Gasteiger partial charge in [-0.15, -0.1) is 0 Å². The summed E-state index contributed by atoms with van der Waals surface area (Å²) in [5.41, 5.74) is 6.00. The van der Waals surface area contributed by atoms with E-state index in [0.717, 1.165) is 23.6 Å². The molecule has 24 heavy (non-hydrogen) atoms. The van der Waals surface area contributed by atoms with Crippen molar-refractivity contribution in [3.05, 3.63) is 83.3 Å². The van der Waals surface area contributed by atoms with E-state index in [-0.39, 0.29) is 0 Å². The number of hydrogen-bond donors (Lipinski definition) is 2. The van der Waals surface area contributed by atoms with E-state index in [4.69, 9.17) is 14.8 Å². The van der Waals surface area contributed by atoms with Gasteiger partial charge in [-0.2, -0.15) is 0 Å². The Balaban J connectivity index is 0.000000455. The first-order valence-electron chi connectivity index (χ1n) is 7.83. The fourth-order valence-electron chi connectivity index (χ4n) is 3.30. The van der Waals surface area contributed by atoms with Crippen molar-refractivity contribution >= 4 is 25.1 Å². The standard InChI is InChI=1S/C19H13NO.BH3O2/c1-2-8-15-13(6-1)12-14-7-5-11-18-19(14)20(15)16-9-3-4-10-17(16)21-18;2-1-3/h1-10,12H,11H2;1-3H. The normalized spacial score (nSPS) is 15.9. The molecule has 0 fully saturated rings. The van der Waals surface area contributed by atoms with Crippen LogP contribution in [-0.2, 0) is 0 Å². The van der Waals surface area contributed by atoms with Crippen LogP contribution < -0.4 is 9.64 Å². The van der Waals surface area contributed by atoms with Crippen molar-refractivity contribution < 1.29 is 14.8 Å². The molecule has 0 saturated carbocycles. The Kier molecular flexibility index (Phi) is 3.73. The smallest absolute Gasteiger partial charge is 0.432 e. The SMILES string of the molecule is C1=CC2=Cc3ccccc3N3C2=C(C1)Oc1ccccc13.OBO. The first-order chi connectivity index (χ1) is 11.8. The molecule has 0 amide bonds. The molecule has 118 valence electrons. The molecule has 2 aromatic rings. The minimum absolute atomic E-state index is 0.750. The van der Waals surface area contributed by atoms with Gasteiger partial charge in [0.05, 0.1) is 17.1 Å². The van der Waals surface area contributed by atoms with Gasteiger partial charge in [0.1, 0.15) is 5.76 Å². The fourth-order valence-corrected chi connectivity index (χ4v) is 3.30. The summed E-state index contributed by atoms with van der Waals surface area (Å²) in [4.78, 5) is 2.34. The Bertz CT molecular complexity index is 886. The third kappa shape index (κ3) is 2.26. The van der Waals surface area contributed by atoms with Gasteiger partial charge in [-0.05, 0) is 29.8 Å². The van der Waals surface area contributed by atoms with Gasteiger partial charge in [0.2, 0.25) is 0 Å². The number of anilines is 2. The lowest BCUT2D eigenvalue weighted by Crippen LogP contribution is -2.29. The average molecular weight is 317 g/mol. The maximum Gasteiger partial charge on any atom is 0.432 e. The highest BCUT2D eigenvalue weighted by Crippen LogP contribution is 2.50. The minimum atomic E-state index is -0.750. The van der Waals surface area contributed by atoms with Gasteiger partial charge in [-0.1, -0.05) is 42.5 Å². The van der Waals surface area contributed by atoms with E-state index in [0.29, 0.717) is 0 Å². The lowest BCUT2D eigenvalue weighted by Gasteiger charge is -2.39. The molecular weight excluding hydrogens is 301 g/mol. The van der Waals surface area contributed by atoms with Crippen LogP contribution in [0.4, 0.5) is 11.4 Å². The van der Waals surface area contributed by atoms with Crippen LogP contribution in [0.1, 0.15) is 12.0 Å². The number of fused-ring (bicyclic) bond motifs is 4. The molecule has 5 rings (SSSR count). The molecule has 0 unspecified atom stereocenters. The molecule has 2 N–H and O–H groups in total. The van der Waals surface area contributed by atoms with Crippen LogP contribution in [0.2, 0.25) is 0 Å². The van der Waals surface area contributed by atoms with E-state index < -0.39 is 7.69 Å². The molecule has 2 aromatic carbocycles. The predicted molar refractivity (Wildman–Crippen MR) is 96.0 cm³/mol. The highest BCUT2D eigenvalue weighted by atomic mass is 16.5. The molecule has 3 aliphatic rings. The highest BCUT2D eigenvalue weighted by molar-refractivity contribution is 6.13. The minimum Gasteiger partial charge on any atom is -0.457 e. The van der Waals surface area contributed by atoms with Crippen LogP contribution in [0.5, 0.6) is 5.75 Å². The Morgan fingerprint density at radius 2 is 1.67 bits per heavy atom. The van der Waals surface area contributed by atoms with Crippen molar-refractivity contribution in [1.29, 1.82) is 0 Å². The van der Waals surface area contributed by atoms with E-state index in [9.17, 15) is 0 Å². The topological polar surface area (TPSA) is 52.9 Å². The number of ether oxygens (including phenoxy) is 1. The lowest BCUT2D eigenvalue weighted by atomic mass is 9.92. The third-order valence-corrected chi connectivity index (χ3v) is 4.19. The summed E-state index contributed by atoms with van der Waals surface area (Å²) in [7, 11) is -0.750. The monoisotopic (exact) mass is 317 g/mol. The molecule has 0 aromatic heterocycles. The Morgan fingerprint density at radius 3 is 2.50 bits per heavy atom. The second-order valence-corrected chi connectivity index (χ2v) is 5.58. The zero-order valence-corrected chi connectivity index (χ0v) is 13.0. The molecular formula is C19H16BNO3. The van der Waals surface area contributed by atoms with E-state index in [1.807, 2.05) is 12.1 Å².